The number of carbonyl (C=O) groups excluding carboxylic acids is 1. The molecule has 2 heterocycles. The molecule has 0 N–H and O–H groups in total. The van der Waals surface area contributed by atoms with Crippen molar-refractivity contribution in [2.75, 3.05) is 6.61 Å². The summed E-state index contributed by atoms with van der Waals surface area (Å²) in [5.41, 5.74) is 0. The minimum atomic E-state index is -0.556. The molecule has 18 heavy (non-hydrogen) atoms. The summed E-state index contributed by atoms with van der Waals surface area (Å²) in [7, 11) is 0. The van der Waals surface area contributed by atoms with Gasteiger partial charge in [-0.1, -0.05) is 6.92 Å². The monoisotopic (exact) mass is 254 g/mol. The first kappa shape index (κ1) is 13.0. The predicted octanol–water partition coefficient (Wildman–Crippen LogP) is 1.77. The Labute approximate surface area is 106 Å². The Hall–Kier alpha value is -1.43. The zero-order chi connectivity index (χ0) is 13.3. The van der Waals surface area contributed by atoms with Crippen LogP contribution in [0.4, 0.5) is 0 Å². The van der Waals surface area contributed by atoms with Crippen molar-refractivity contribution in [1.29, 1.82) is 0 Å². The number of hydrogen-bond donors (Lipinski definition) is 0. The van der Waals surface area contributed by atoms with Crippen molar-refractivity contribution in [3.05, 3.63) is 11.7 Å². The van der Waals surface area contributed by atoms with E-state index in [0.717, 1.165) is 0 Å². The molecule has 100 valence electrons. The lowest BCUT2D eigenvalue weighted by atomic mass is 9.89. The summed E-state index contributed by atoms with van der Waals surface area (Å²) < 4.78 is 15.7. The average molecular weight is 254 g/mol. The number of hydrogen-bond acceptors (Lipinski definition) is 6. The normalized spacial score (nSPS) is 31.6. The molecule has 1 aliphatic rings. The molecule has 6 nitrogen and oxygen atoms in total. The van der Waals surface area contributed by atoms with E-state index in [1.54, 1.807) is 6.92 Å². The van der Waals surface area contributed by atoms with E-state index in [1.165, 1.54) is 0 Å². The van der Waals surface area contributed by atoms with E-state index < -0.39 is 5.97 Å². The molecule has 0 spiro atoms. The smallest absolute Gasteiger partial charge is 0.379 e. The molecule has 0 aliphatic carbocycles. The Morgan fingerprint density at radius 1 is 1.33 bits per heavy atom. The van der Waals surface area contributed by atoms with Gasteiger partial charge in [-0.2, -0.15) is 4.98 Å². The Balaban J connectivity index is 2.17. The fourth-order valence-corrected chi connectivity index (χ4v) is 2.34. The van der Waals surface area contributed by atoms with Crippen LogP contribution in [0.25, 0.3) is 0 Å². The van der Waals surface area contributed by atoms with Gasteiger partial charge in [0.1, 0.15) is 0 Å². The second-order valence-electron chi connectivity index (χ2n) is 4.61. The van der Waals surface area contributed by atoms with E-state index in [2.05, 4.69) is 17.1 Å². The molecule has 0 amide bonds. The lowest BCUT2D eigenvalue weighted by Gasteiger charge is -2.12. The highest BCUT2D eigenvalue weighted by Crippen LogP contribution is 2.38. The van der Waals surface area contributed by atoms with Crippen LogP contribution in [0.3, 0.4) is 0 Å². The van der Waals surface area contributed by atoms with Crippen LogP contribution >= 0.6 is 0 Å². The second kappa shape index (κ2) is 5.06. The van der Waals surface area contributed by atoms with Gasteiger partial charge in [-0.15, -0.1) is 0 Å². The number of nitrogens with zero attached hydrogens (tertiary/aromatic N) is 2. The largest absolute Gasteiger partial charge is 0.460 e. The molecule has 1 saturated heterocycles. The Bertz CT molecular complexity index is 431. The molecule has 1 fully saturated rings. The molecular weight excluding hydrogens is 236 g/mol. The minimum absolute atomic E-state index is 0.00509. The van der Waals surface area contributed by atoms with E-state index in [4.69, 9.17) is 14.0 Å². The fraction of sp³-hybridized carbons (Fsp3) is 0.750. The van der Waals surface area contributed by atoms with Crippen LogP contribution < -0.4 is 0 Å². The number of aromatic nitrogens is 2. The van der Waals surface area contributed by atoms with Gasteiger partial charge >= 0.3 is 5.97 Å². The first-order valence-corrected chi connectivity index (χ1v) is 6.20. The molecule has 0 bridgehead atoms. The Morgan fingerprint density at radius 2 is 2.06 bits per heavy atom. The van der Waals surface area contributed by atoms with Crippen molar-refractivity contribution in [2.24, 2.45) is 5.92 Å². The van der Waals surface area contributed by atoms with Crippen LogP contribution in [0.2, 0.25) is 0 Å². The zero-order valence-electron chi connectivity index (χ0n) is 11.0. The third kappa shape index (κ3) is 2.25. The van der Waals surface area contributed by atoms with Crippen molar-refractivity contribution in [3.63, 3.8) is 0 Å². The van der Waals surface area contributed by atoms with Crippen LogP contribution in [0.1, 0.15) is 50.1 Å². The highest BCUT2D eigenvalue weighted by molar-refractivity contribution is 5.84. The summed E-state index contributed by atoms with van der Waals surface area (Å²) in [6.07, 6.45) is 0.147. The molecule has 1 aromatic heterocycles. The van der Waals surface area contributed by atoms with E-state index in [1.807, 2.05) is 13.8 Å². The molecule has 1 aromatic rings. The molecule has 6 heteroatoms. The van der Waals surface area contributed by atoms with Crippen molar-refractivity contribution in [3.8, 4) is 0 Å². The minimum Gasteiger partial charge on any atom is -0.460 e. The van der Waals surface area contributed by atoms with Gasteiger partial charge in [0.2, 0.25) is 5.89 Å². The van der Waals surface area contributed by atoms with Crippen molar-refractivity contribution < 1.29 is 18.8 Å². The lowest BCUT2D eigenvalue weighted by molar-refractivity contribution is 0.0508. The summed E-state index contributed by atoms with van der Waals surface area (Å²) in [6.45, 7) is 8.09. The zero-order valence-corrected chi connectivity index (χ0v) is 11.0. The van der Waals surface area contributed by atoms with Crippen molar-refractivity contribution in [1.82, 2.24) is 10.1 Å². The Kier molecular flexibility index (Phi) is 3.65. The quantitative estimate of drug-likeness (QED) is 0.765. The number of esters is 1. The summed E-state index contributed by atoms with van der Waals surface area (Å²) in [4.78, 5) is 15.6. The van der Waals surface area contributed by atoms with E-state index >= 15 is 0 Å². The van der Waals surface area contributed by atoms with Crippen molar-refractivity contribution in [2.45, 2.75) is 45.8 Å². The van der Waals surface area contributed by atoms with Crippen LogP contribution in [-0.4, -0.2) is 34.9 Å². The molecular formula is C12H18N2O4. The average Bonchev–Trinajstić information content (AvgIpc) is 2.86. The van der Waals surface area contributed by atoms with Gasteiger partial charge in [0.05, 0.1) is 24.7 Å². The first-order chi connectivity index (χ1) is 8.54. The van der Waals surface area contributed by atoms with Crippen LogP contribution in [0, 0.1) is 5.92 Å². The van der Waals surface area contributed by atoms with Gasteiger partial charge in [-0.3, -0.25) is 0 Å². The van der Waals surface area contributed by atoms with Crippen molar-refractivity contribution >= 4 is 5.97 Å². The van der Waals surface area contributed by atoms with Crippen LogP contribution in [0.15, 0.2) is 4.52 Å². The third-order valence-corrected chi connectivity index (χ3v) is 3.43. The summed E-state index contributed by atoms with van der Waals surface area (Å²) >= 11 is 0. The topological polar surface area (TPSA) is 74.5 Å². The SMILES string of the molecule is CCOC(=O)c1noc(C2C(C)OC(C)C2C)n1. The van der Waals surface area contributed by atoms with Gasteiger partial charge in [-0.05, 0) is 31.8 Å². The molecule has 0 saturated carbocycles. The lowest BCUT2D eigenvalue weighted by Crippen LogP contribution is -2.16. The maximum Gasteiger partial charge on any atom is 0.379 e. The van der Waals surface area contributed by atoms with Gasteiger partial charge in [-0.25, -0.2) is 4.79 Å². The second-order valence-corrected chi connectivity index (χ2v) is 4.61. The molecule has 0 radical (unpaired) electrons. The molecule has 4 atom stereocenters. The number of rotatable bonds is 3. The molecule has 2 rings (SSSR count). The van der Waals surface area contributed by atoms with E-state index in [9.17, 15) is 4.79 Å². The third-order valence-electron chi connectivity index (χ3n) is 3.43. The highest BCUT2D eigenvalue weighted by atomic mass is 16.5. The molecule has 0 aromatic carbocycles. The molecule has 1 aliphatic heterocycles. The van der Waals surface area contributed by atoms with Gasteiger partial charge in [0.15, 0.2) is 0 Å². The highest BCUT2D eigenvalue weighted by Gasteiger charge is 2.41. The standard InChI is InChI=1S/C12H18N2O4/c1-5-16-12(15)10-13-11(18-14-10)9-6(2)7(3)17-8(9)4/h6-9H,5H2,1-4H3. The van der Waals surface area contributed by atoms with Crippen LogP contribution in [0.5, 0.6) is 0 Å². The van der Waals surface area contributed by atoms with E-state index in [-0.39, 0.29) is 29.9 Å². The number of carbonyl (C=O) groups is 1. The fourth-order valence-electron chi connectivity index (χ4n) is 2.34. The van der Waals surface area contributed by atoms with Gasteiger partial charge in [0.25, 0.3) is 5.82 Å². The maximum absolute atomic E-state index is 11.5. The number of ether oxygens (including phenoxy) is 2. The van der Waals surface area contributed by atoms with Gasteiger partial charge in [0, 0.05) is 0 Å². The van der Waals surface area contributed by atoms with E-state index in [0.29, 0.717) is 12.5 Å². The maximum atomic E-state index is 11.5. The summed E-state index contributed by atoms with van der Waals surface area (Å²) in [6, 6.07) is 0. The first-order valence-electron chi connectivity index (χ1n) is 6.20. The summed E-state index contributed by atoms with van der Waals surface area (Å²) in [5.74, 6) is 0.166. The predicted molar refractivity (Wildman–Crippen MR) is 62.2 cm³/mol. The Morgan fingerprint density at radius 3 is 2.61 bits per heavy atom. The van der Waals surface area contributed by atoms with Crippen LogP contribution in [-0.2, 0) is 9.47 Å². The van der Waals surface area contributed by atoms with Gasteiger partial charge < -0.3 is 14.0 Å². The summed E-state index contributed by atoms with van der Waals surface area (Å²) in [5, 5.41) is 3.66. The molecule has 4 unspecified atom stereocenters.